The predicted molar refractivity (Wildman–Crippen MR) is 56.9 cm³/mol. The van der Waals surface area contributed by atoms with Crippen LogP contribution in [0.15, 0.2) is 18.2 Å². The standard InChI is InChI=1S/C9H10N2.C2H6/c1-6-3-4-8-7(2)10-11-9(8)5-6;1-2/h3-5H,1-2H3,(H,10,11);1-2H3. The molecule has 2 heteroatoms. The summed E-state index contributed by atoms with van der Waals surface area (Å²) in [6.07, 6.45) is 0. The first-order valence-corrected chi connectivity index (χ1v) is 4.69. The van der Waals surface area contributed by atoms with E-state index in [0.29, 0.717) is 0 Å². The number of aromatic nitrogens is 2. The number of hydrogen-bond acceptors (Lipinski definition) is 1. The van der Waals surface area contributed by atoms with E-state index in [2.05, 4.69) is 35.3 Å². The van der Waals surface area contributed by atoms with Gasteiger partial charge in [0.25, 0.3) is 0 Å². The Morgan fingerprint density at radius 1 is 1.15 bits per heavy atom. The van der Waals surface area contributed by atoms with Gasteiger partial charge < -0.3 is 0 Å². The highest BCUT2D eigenvalue weighted by atomic mass is 15.1. The van der Waals surface area contributed by atoms with E-state index >= 15 is 0 Å². The van der Waals surface area contributed by atoms with Gasteiger partial charge in [-0.3, -0.25) is 5.10 Å². The Balaban J connectivity index is 0.000000396. The largest absolute Gasteiger partial charge is 0.282 e. The average Bonchev–Trinajstić information content (AvgIpc) is 2.51. The molecule has 0 radical (unpaired) electrons. The second kappa shape index (κ2) is 4.08. The average molecular weight is 176 g/mol. The van der Waals surface area contributed by atoms with Crippen molar-refractivity contribution in [2.75, 3.05) is 0 Å². The van der Waals surface area contributed by atoms with E-state index in [1.54, 1.807) is 0 Å². The normalized spacial score (nSPS) is 9.54. The lowest BCUT2D eigenvalue weighted by molar-refractivity contribution is 1.07. The van der Waals surface area contributed by atoms with Crippen LogP contribution >= 0.6 is 0 Å². The molecular weight excluding hydrogens is 160 g/mol. The predicted octanol–water partition coefficient (Wildman–Crippen LogP) is 3.21. The SMILES string of the molecule is CC.Cc1ccc2c(C)[nH]nc2c1. The van der Waals surface area contributed by atoms with Crippen molar-refractivity contribution >= 4 is 10.9 Å². The number of nitrogens with zero attached hydrogens (tertiary/aromatic N) is 1. The van der Waals surface area contributed by atoms with E-state index in [1.807, 2.05) is 20.8 Å². The van der Waals surface area contributed by atoms with Gasteiger partial charge in [-0.1, -0.05) is 26.0 Å². The van der Waals surface area contributed by atoms with E-state index < -0.39 is 0 Å². The molecule has 13 heavy (non-hydrogen) atoms. The van der Waals surface area contributed by atoms with Crippen molar-refractivity contribution in [3.8, 4) is 0 Å². The molecule has 0 aliphatic carbocycles. The Bertz CT molecular complexity index is 388. The fraction of sp³-hybridized carbons (Fsp3) is 0.364. The van der Waals surface area contributed by atoms with E-state index in [4.69, 9.17) is 0 Å². The maximum absolute atomic E-state index is 4.15. The Hall–Kier alpha value is -1.31. The lowest BCUT2D eigenvalue weighted by Gasteiger charge is -1.90. The highest BCUT2D eigenvalue weighted by Crippen LogP contribution is 2.15. The zero-order chi connectivity index (χ0) is 9.84. The molecule has 2 rings (SSSR count). The number of aryl methyl sites for hydroxylation is 2. The summed E-state index contributed by atoms with van der Waals surface area (Å²) in [6, 6.07) is 6.28. The topological polar surface area (TPSA) is 28.7 Å². The molecule has 0 aliphatic rings. The number of aromatic amines is 1. The molecule has 0 amide bonds. The van der Waals surface area contributed by atoms with E-state index in [0.717, 1.165) is 11.2 Å². The molecule has 0 unspecified atom stereocenters. The van der Waals surface area contributed by atoms with Gasteiger partial charge in [0, 0.05) is 11.1 Å². The highest BCUT2D eigenvalue weighted by molar-refractivity contribution is 5.81. The van der Waals surface area contributed by atoms with E-state index in [9.17, 15) is 0 Å². The second-order valence-corrected chi connectivity index (χ2v) is 2.87. The number of hydrogen-bond donors (Lipinski definition) is 1. The maximum Gasteiger partial charge on any atom is 0.0926 e. The van der Waals surface area contributed by atoms with Crippen molar-refractivity contribution in [1.29, 1.82) is 0 Å². The zero-order valence-electron chi connectivity index (χ0n) is 8.68. The van der Waals surface area contributed by atoms with Crippen molar-refractivity contribution in [3.05, 3.63) is 29.5 Å². The van der Waals surface area contributed by atoms with Gasteiger partial charge >= 0.3 is 0 Å². The minimum Gasteiger partial charge on any atom is -0.282 e. The van der Waals surface area contributed by atoms with Crippen LogP contribution in [0.3, 0.4) is 0 Å². The van der Waals surface area contributed by atoms with Crippen LogP contribution in [0.1, 0.15) is 25.1 Å². The zero-order valence-corrected chi connectivity index (χ0v) is 8.68. The third-order valence-electron chi connectivity index (χ3n) is 1.90. The molecule has 0 spiro atoms. The quantitative estimate of drug-likeness (QED) is 0.656. The molecule has 0 bridgehead atoms. The summed E-state index contributed by atoms with van der Waals surface area (Å²) >= 11 is 0. The van der Waals surface area contributed by atoms with Crippen molar-refractivity contribution in [3.63, 3.8) is 0 Å². The number of rotatable bonds is 0. The van der Waals surface area contributed by atoms with Crippen molar-refractivity contribution in [2.45, 2.75) is 27.7 Å². The van der Waals surface area contributed by atoms with Gasteiger partial charge in [-0.05, 0) is 25.5 Å². The summed E-state index contributed by atoms with van der Waals surface area (Å²) in [4.78, 5) is 0. The number of nitrogens with one attached hydrogen (secondary N) is 1. The molecule has 2 aromatic rings. The molecule has 1 aromatic carbocycles. The van der Waals surface area contributed by atoms with Crippen LogP contribution in [0, 0.1) is 13.8 Å². The lowest BCUT2D eigenvalue weighted by Crippen LogP contribution is -1.71. The molecule has 0 saturated heterocycles. The van der Waals surface area contributed by atoms with E-state index in [1.165, 1.54) is 10.9 Å². The first-order chi connectivity index (χ1) is 6.27. The van der Waals surface area contributed by atoms with Crippen LogP contribution < -0.4 is 0 Å². The third kappa shape index (κ3) is 1.89. The van der Waals surface area contributed by atoms with Crippen LogP contribution in [0.2, 0.25) is 0 Å². The molecule has 0 aliphatic heterocycles. The first-order valence-electron chi connectivity index (χ1n) is 4.69. The smallest absolute Gasteiger partial charge is 0.0926 e. The molecular formula is C11H16N2. The van der Waals surface area contributed by atoms with Crippen LogP contribution in [-0.4, -0.2) is 10.2 Å². The van der Waals surface area contributed by atoms with Crippen LogP contribution in [0.5, 0.6) is 0 Å². The Kier molecular flexibility index (Phi) is 3.07. The molecule has 1 N–H and O–H groups in total. The highest BCUT2D eigenvalue weighted by Gasteiger charge is 1.98. The van der Waals surface area contributed by atoms with Gasteiger partial charge in [0.15, 0.2) is 0 Å². The first kappa shape index (κ1) is 9.78. The molecule has 1 heterocycles. The van der Waals surface area contributed by atoms with Gasteiger partial charge in [-0.15, -0.1) is 0 Å². The van der Waals surface area contributed by atoms with Crippen molar-refractivity contribution in [2.24, 2.45) is 0 Å². The molecule has 0 atom stereocenters. The van der Waals surface area contributed by atoms with Gasteiger partial charge in [-0.25, -0.2) is 0 Å². The van der Waals surface area contributed by atoms with Crippen LogP contribution in [-0.2, 0) is 0 Å². The Morgan fingerprint density at radius 3 is 2.54 bits per heavy atom. The Morgan fingerprint density at radius 2 is 1.85 bits per heavy atom. The second-order valence-electron chi connectivity index (χ2n) is 2.87. The van der Waals surface area contributed by atoms with Crippen molar-refractivity contribution < 1.29 is 0 Å². The maximum atomic E-state index is 4.15. The summed E-state index contributed by atoms with van der Waals surface area (Å²) < 4.78 is 0. The molecule has 1 aromatic heterocycles. The number of benzene rings is 1. The molecule has 0 fully saturated rings. The summed E-state index contributed by atoms with van der Waals surface area (Å²) in [7, 11) is 0. The summed E-state index contributed by atoms with van der Waals surface area (Å²) in [5.74, 6) is 0. The van der Waals surface area contributed by atoms with E-state index in [-0.39, 0.29) is 0 Å². The van der Waals surface area contributed by atoms with Crippen LogP contribution in [0.4, 0.5) is 0 Å². The Labute approximate surface area is 79.0 Å². The monoisotopic (exact) mass is 176 g/mol. The van der Waals surface area contributed by atoms with Crippen molar-refractivity contribution in [1.82, 2.24) is 10.2 Å². The van der Waals surface area contributed by atoms with Crippen LogP contribution in [0.25, 0.3) is 10.9 Å². The fourth-order valence-corrected chi connectivity index (χ4v) is 1.26. The fourth-order valence-electron chi connectivity index (χ4n) is 1.26. The summed E-state index contributed by atoms with van der Waals surface area (Å²) in [5, 5.41) is 8.33. The third-order valence-corrected chi connectivity index (χ3v) is 1.90. The minimum atomic E-state index is 1.06. The molecule has 2 nitrogen and oxygen atoms in total. The summed E-state index contributed by atoms with van der Waals surface area (Å²) in [6.45, 7) is 8.11. The van der Waals surface area contributed by atoms with Gasteiger partial charge in [0.05, 0.1) is 5.52 Å². The molecule has 70 valence electrons. The summed E-state index contributed by atoms with van der Waals surface area (Å²) in [5.41, 5.74) is 3.45. The molecule has 0 saturated carbocycles. The van der Waals surface area contributed by atoms with Gasteiger partial charge in [0.1, 0.15) is 0 Å². The number of H-pyrrole nitrogens is 1. The van der Waals surface area contributed by atoms with Gasteiger partial charge in [0.2, 0.25) is 0 Å². The minimum absolute atomic E-state index is 1.06. The van der Waals surface area contributed by atoms with Gasteiger partial charge in [-0.2, -0.15) is 5.10 Å². The lowest BCUT2D eigenvalue weighted by atomic mass is 10.1. The number of fused-ring (bicyclic) bond motifs is 1.